The van der Waals surface area contributed by atoms with Crippen LogP contribution < -0.4 is 15.0 Å². The highest BCUT2D eigenvalue weighted by atomic mass is 32.1. The Kier molecular flexibility index (Phi) is 6.23. The molecule has 0 aliphatic carbocycles. The number of amides is 1. The Bertz CT molecular complexity index is 1130. The molecule has 2 aromatic carbocycles. The van der Waals surface area contributed by atoms with Crippen molar-refractivity contribution in [2.75, 3.05) is 57.9 Å². The second kappa shape index (κ2) is 9.29. The lowest BCUT2D eigenvalue weighted by molar-refractivity contribution is 0.0963. The summed E-state index contributed by atoms with van der Waals surface area (Å²) in [6.07, 6.45) is 1.25. The lowest BCUT2D eigenvalue weighted by Crippen LogP contribution is -2.36. The standard InChI is InChI=1S/C17H21N3O2S.C8H9NO/c1-2-22-13-4-3-12(19-7-9-21-10-8-19)15-14(13)18-16(23-15)17-5-6-20(17)11-17;1-9-8(10)7-5-3-2-4-6-7/h3-4H,2,5-11H2,1H3;2-6H,1H3,(H,9,10). The van der Waals surface area contributed by atoms with Gasteiger partial charge < -0.3 is 19.7 Å². The van der Waals surface area contributed by atoms with E-state index in [1.165, 1.54) is 34.9 Å². The fourth-order valence-electron chi connectivity index (χ4n) is 4.52. The normalized spacial score (nSPS) is 23.1. The molecular weight excluding hydrogens is 436 g/mol. The van der Waals surface area contributed by atoms with Crippen molar-refractivity contribution >= 4 is 33.1 Å². The number of morpholine rings is 1. The largest absolute Gasteiger partial charge is 0.492 e. The first-order chi connectivity index (χ1) is 16.2. The quantitative estimate of drug-likeness (QED) is 0.581. The van der Waals surface area contributed by atoms with Crippen molar-refractivity contribution in [3.8, 4) is 5.75 Å². The zero-order chi connectivity index (χ0) is 22.8. The number of nitrogens with one attached hydrogen (secondary N) is 1. The van der Waals surface area contributed by atoms with E-state index in [4.69, 9.17) is 14.5 Å². The molecule has 3 fully saturated rings. The van der Waals surface area contributed by atoms with E-state index >= 15 is 0 Å². The number of ether oxygens (including phenoxy) is 2. The molecule has 3 aliphatic rings. The zero-order valence-electron chi connectivity index (χ0n) is 19.2. The fraction of sp³-hybridized carbons (Fsp3) is 0.440. The Hall–Kier alpha value is -2.68. The van der Waals surface area contributed by atoms with Crippen LogP contribution in [-0.2, 0) is 10.3 Å². The molecule has 174 valence electrons. The van der Waals surface area contributed by atoms with Gasteiger partial charge in [0.25, 0.3) is 5.91 Å². The third-order valence-corrected chi connectivity index (χ3v) is 7.82. The van der Waals surface area contributed by atoms with Crippen LogP contribution in [0.2, 0.25) is 0 Å². The maximum absolute atomic E-state index is 10.9. The van der Waals surface area contributed by atoms with Gasteiger partial charge in [-0.15, -0.1) is 11.3 Å². The highest BCUT2D eigenvalue weighted by molar-refractivity contribution is 7.19. The minimum Gasteiger partial charge on any atom is -0.492 e. The maximum Gasteiger partial charge on any atom is 0.251 e. The predicted octanol–water partition coefficient (Wildman–Crippen LogP) is 3.49. The molecule has 3 aliphatic heterocycles. The Morgan fingerprint density at radius 1 is 1.18 bits per heavy atom. The molecule has 2 atom stereocenters. The summed E-state index contributed by atoms with van der Waals surface area (Å²) >= 11 is 1.87. The molecule has 1 N–H and O–H groups in total. The summed E-state index contributed by atoms with van der Waals surface area (Å²) < 4.78 is 12.6. The van der Waals surface area contributed by atoms with Crippen molar-refractivity contribution in [2.24, 2.45) is 0 Å². The van der Waals surface area contributed by atoms with Crippen LogP contribution in [0.1, 0.15) is 28.7 Å². The predicted molar refractivity (Wildman–Crippen MR) is 132 cm³/mol. The number of rotatable bonds is 5. The summed E-state index contributed by atoms with van der Waals surface area (Å²) in [7, 11) is 1.62. The van der Waals surface area contributed by atoms with Crippen molar-refractivity contribution in [1.82, 2.24) is 15.2 Å². The molecule has 1 aromatic heterocycles. The summed E-state index contributed by atoms with van der Waals surface area (Å²) in [6, 6.07) is 13.4. The molecule has 0 bridgehead atoms. The van der Waals surface area contributed by atoms with Gasteiger partial charge in [-0.3, -0.25) is 9.69 Å². The molecule has 0 saturated carbocycles. The van der Waals surface area contributed by atoms with Gasteiger partial charge in [0.15, 0.2) is 0 Å². The minimum absolute atomic E-state index is 0.0411. The average Bonchev–Trinajstić information content (AvgIpc) is 3.18. The molecule has 6 rings (SSSR count). The SMILES string of the molecule is CCOc1ccc(N2CCOCC2)c2sc(C34CCN3C4)nc12.CNC(=O)c1ccccc1. The molecule has 8 heteroatoms. The number of carbonyl (C=O) groups is 1. The van der Waals surface area contributed by atoms with Crippen LogP contribution in [0.4, 0.5) is 5.69 Å². The number of anilines is 1. The number of aromatic nitrogens is 1. The monoisotopic (exact) mass is 466 g/mol. The summed E-state index contributed by atoms with van der Waals surface area (Å²) in [5.41, 5.74) is 3.31. The van der Waals surface area contributed by atoms with Crippen LogP contribution in [0.3, 0.4) is 0 Å². The first-order valence-corrected chi connectivity index (χ1v) is 12.4. The van der Waals surface area contributed by atoms with E-state index in [9.17, 15) is 4.79 Å². The second-order valence-electron chi connectivity index (χ2n) is 8.46. The highest BCUT2D eigenvalue weighted by Crippen LogP contribution is 2.56. The lowest BCUT2D eigenvalue weighted by atomic mass is 10.0. The molecule has 3 aromatic rings. The van der Waals surface area contributed by atoms with Crippen molar-refractivity contribution < 1.29 is 14.3 Å². The van der Waals surface area contributed by atoms with Gasteiger partial charge in [0, 0.05) is 38.8 Å². The topological polar surface area (TPSA) is 66.7 Å². The number of hydrogen-bond donors (Lipinski definition) is 1. The molecule has 2 unspecified atom stereocenters. The highest BCUT2D eigenvalue weighted by Gasteiger charge is 2.62. The number of fused-ring (bicyclic) bond motifs is 2. The van der Waals surface area contributed by atoms with E-state index in [0.29, 0.717) is 12.2 Å². The van der Waals surface area contributed by atoms with E-state index in [-0.39, 0.29) is 11.4 Å². The molecule has 3 saturated heterocycles. The van der Waals surface area contributed by atoms with Gasteiger partial charge in [0.05, 0.1) is 35.7 Å². The van der Waals surface area contributed by atoms with Crippen LogP contribution >= 0.6 is 11.3 Å². The first-order valence-electron chi connectivity index (χ1n) is 11.6. The van der Waals surface area contributed by atoms with E-state index in [0.717, 1.165) is 37.6 Å². The zero-order valence-corrected chi connectivity index (χ0v) is 20.0. The number of hydrogen-bond acceptors (Lipinski definition) is 7. The first kappa shape index (κ1) is 22.1. The van der Waals surface area contributed by atoms with Gasteiger partial charge in [-0.2, -0.15) is 0 Å². The molecular formula is C25H30N4O3S. The average molecular weight is 467 g/mol. The summed E-state index contributed by atoms with van der Waals surface area (Å²) in [5, 5.41) is 3.82. The number of carbonyl (C=O) groups excluding carboxylic acids is 1. The van der Waals surface area contributed by atoms with E-state index < -0.39 is 0 Å². The van der Waals surface area contributed by atoms with E-state index in [1.807, 2.05) is 36.5 Å². The van der Waals surface area contributed by atoms with Gasteiger partial charge in [-0.25, -0.2) is 4.98 Å². The van der Waals surface area contributed by atoms with E-state index in [2.05, 4.69) is 27.2 Å². The molecule has 0 radical (unpaired) electrons. The van der Waals surface area contributed by atoms with Crippen LogP contribution in [0.15, 0.2) is 42.5 Å². The van der Waals surface area contributed by atoms with E-state index in [1.54, 1.807) is 19.2 Å². The summed E-state index contributed by atoms with van der Waals surface area (Å²) in [5.74, 6) is 0.880. The van der Waals surface area contributed by atoms with Crippen LogP contribution in [0.5, 0.6) is 5.75 Å². The smallest absolute Gasteiger partial charge is 0.251 e. The summed E-state index contributed by atoms with van der Waals surface area (Å²) in [4.78, 5) is 20.9. The molecule has 33 heavy (non-hydrogen) atoms. The van der Waals surface area contributed by atoms with Crippen molar-refractivity contribution in [3.63, 3.8) is 0 Å². The van der Waals surface area contributed by atoms with Crippen LogP contribution in [-0.4, -0.2) is 68.8 Å². The fourth-order valence-corrected chi connectivity index (χ4v) is 5.88. The van der Waals surface area contributed by atoms with Crippen LogP contribution in [0.25, 0.3) is 10.2 Å². The Balaban J connectivity index is 0.000000193. The molecule has 1 amide bonds. The van der Waals surface area contributed by atoms with Gasteiger partial charge >= 0.3 is 0 Å². The number of benzene rings is 2. The van der Waals surface area contributed by atoms with Crippen molar-refractivity contribution in [2.45, 2.75) is 18.9 Å². The van der Waals surface area contributed by atoms with Crippen LogP contribution in [0, 0.1) is 0 Å². The Morgan fingerprint density at radius 3 is 2.58 bits per heavy atom. The molecule has 0 spiro atoms. The lowest BCUT2D eigenvalue weighted by Gasteiger charge is -2.29. The molecule has 4 heterocycles. The maximum atomic E-state index is 10.9. The Morgan fingerprint density at radius 2 is 1.97 bits per heavy atom. The minimum atomic E-state index is -0.0411. The Labute approximate surface area is 198 Å². The number of thiazole rings is 1. The van der Waals surface area contributed by atoms with Gasteiger partial charge in [0.1, 0.15) is 16.3 Å². The van der Waals surface area contributed by atoms with Gasteiger partial charge in [0.2, 0.25) is 0 Å². The van der Waals surface area contributed by atoms with Gasteiger partial charge in [-0.05, 0) is 37.6 Å². The second-order valence-corrected chi connectivity index (χ2v) is 9.46. The van der Waals surface area contributed by atoms with Crippen molar-refractivity contribution in [3.05, 3.63) is 53.0 Å². The third-order valence-electron chi connectivity index (χ3n) is 6.55. The molecule has 7 nitrogen and oxygen atoms in total. The summed E-state index contributed by atoms with van der Waals surface area (Å²) in [6.45, 7) is 8.63. The third kappa shape index (κ3) is 4.18. The van der Waals surface area contributed by atoms with Gasteiger partial charge in [-0.1, -0.05) is 18.2 Å². The number of nitrogens with zero attached hydrogens (tertiary/aromatic N) is 3. The van der Waals surface area contributed by atoms with Crippen molar-refractivity contribution in [1.29, 1.82) is 0 Å².